The molecule has 0 spiro atoms. The lowest BCUT2D eigenvalue weighted by Crippen LogP contribution is -2.19. The number of hydrogen-bond acceptors (Lipinski definition) is 4. The van der Waals surface area contributed by atoms with Gasteiger partial charge in [-0.2, -0.15) is 0 Å². The molecule has 1 aliphatic carbocycles. The molecule has 4 nitrogen and oxygen atoms in total. The van der Waals surface area contributed by atoms with Crippen LogP contribution in [0.4, 0.5) is 5.69 Å². The van der Waals surface area contributed by atoms with E-state index < -0.39 is 0 Å². The van der Waals surface area contributed by atoms with Crippen molar-refractivity contribution in [1.29, 1.82) is 0 Å². The lowest BCUT2D eigenvalue weighted by molar-refractivity contribution is -0.148. The number of rotatable bonds is 3. The second-order valence-electron chi connectivity index (χ2n) is 4.43. The minimum atomic E-state index is -0.0895. The van der Waals surface area contributed by atoms with Crippen LogP contribution in [-0.2, 0) is 9.53 Å². The average Bonchev–Trinajstić information content (AvgIpc) is 2.39. The molecule has 1 heterocycles. The van der Waals surface area contributed by atoms with Crippen molar-refractivity contribution in [2.45, 2.75) is 26.2 Å². The van der Waals surface area contributed by atoms with Gasteiger partial charge in [-0.3, -0.25) is 9.78 Å². The Bertz CT molecular complexity index is 469. The summed E-state index contributed by atoms with van der Waals surface area (Å²) in [5.74, 6) is -0.0944. The Morgan fingerprint density at radius 1 is 1.61 bits per heavy atom. The molecule has 1 aromatic rings. The number of hydrogen-bond donors (Lipinski definition) is 1. The Morgan fingerprint density at radius 2 is 2.44 bits per heavy atom. The van der Waals surface area contributed by atoms with Crippen molar-refractivity contribution in [2.75, 3.05) is 12.3 Å². The van der Waals surface area contributed by atoms with Crippen LogP contribution in [0.2, 0.25) is 0 Å². The lowest BCUT2D eigenvalue weighted by Gasteiger charge is -2.20. The molecule has 4 heteroatoms. The van der Waals surface area contributed by atoms with E-state index in [2.05, 4.69) is 11.1 Å². The Morgan fingerprint density at radius 3 is 3.06 bits per heavy atom. The van der Waals surface area contributed by atoms with E-state index in [1.807, 2.05) is 13.0 Å². The SMILES string of the molecule is CCOC(=O)[C@H]1CC=C(c2cc(N)ccn2)CC1. The molecule has 0 saturated carbocycles. The Kier molecular flexibility index (Phi) is 3.97. The molecule has 96 valence electrons. The molecular weight excluding hydrogens is 228 g/mol. The zero-order chi connectivity index (χ0) is 13.0. The summed E-state index contributed by atoms with van der Waals surface area (Å²) < 4.78 is 5.04. The topological polar surface area (TPSA) is 65.2 Å². The Hall–Kier alpha value is -1.84. The molecule has 2 N–H and O–H groups in total. The summed E-state index contributed by atoms with van der Waals surface area (Å²) in [6.45, 7) is 2.28. The zero-order valence-corrected chi connectivity index (χ0v) is 10.6. The smallest absolute Gasteiger partial charge is 0.309 e. The molecule has 1 aromatic heterocycles. The number of pyridine rings is 1. The predicted octanol–water partition coefficient (Wildman–Crippen LogP) is 2.41. The minimum Gasteiger partial charge on any atom is -0.466 e. The first-order valence-corrected chi connectivity index (χ1v) is 6.28. The van der Waals surface area contributed by atoms with Crippen molar-refractivity contribution < 1.29 is 9.53 Å². The van der Waals surface area contributed by atoms with Gasteiger partial charge in [-0.05, 0) is 43.9 Å². The second kappa shape index (κ2) is 5.67. The highest BCUT2D eigenvalue weighted by Crippen LogP contribution is 2.30. The van der Waals surface area contributed by atoms with E-state index >= 15 is 0 Å². The summed E-state index contributed by atoms with van der Waals surface area (Å²) in [6.07, 6.45) is 6.18. The van der Waals surface area contributed by atoms with Crippen molar-refractivity contribution in [3.05, 3.63) is 30.1 Å². The van der Waals surface area contributed by atoms with Gasteiger partial charge in [-0.15, -0.1) is 0 Å². The van der Waals surface area contributed by atoms with Crippen LogP contribution in [0.15, 0.2) is 24.4 Å². The van der Waals surface area contributed by atoms with E-state index in [-0.39, 0.29) is 11.9 Å². The summed E-state index contributed by atoms with van der Waals surface area (Å²) >= 11 is 0. The van der Waals surface area contributed by atoms with Gasteiger partial charge < -0.3 is 10.5 Å². The first kappa shape index (κ1) is 12.6. The maximum atomic E-state index is 11.6. The Labute approximate surface area is 107 Å². The van der Waals surface area contributed by atoms with E-state index in [1.165, 1.54) is 5.57 Å². The van der Waals surface area contributed by atoms with Gasteiger partial charge in [0.2, 0.25) is 0 Å². The number of carbonyl (C=O) groups excluding carboxylic acids is 1. The van der Waals surface area contributed by atoms with Crippen LogP contribution in [0.25, 0.3) is 5.57 Å². The van der Waals surface area contributed by atoms with E-state index in [9.17, 15) is 4.79 Å². The molecule has 0 amide bonds. The monoisotopic (exact) mass is 246 g/mol. The van der Waals surface area contributed by atoms with Gasteiger partial charge in [0.1, 0.15) is 0 Å². The summed E-state index contributed by atoms with van der Waals surface area (Å²) in [5, 5.41) is 0. The predicted molar refractivity (Wildman–Crippen MR) is 70.6 cm³/mol. The van der Waals surface area contributed by atoms with Crippen LogP contribution in [0.3, 0.4) is 0 Å². The molecule has 1 atom stereocenters. The molecule has 1 aliphatic rings. The molecule has 0 saturated heterocycles. The van der Waals surface area contributed by atoms with Crippen LogP contribution >= 0.6 is 0 Å². The quantitative estimate of drug-likeness (QED) is 0.832. The van der Waals surface area contributed by atoms with Crippen molar-refractivity contribution in [2.24, 2.45) is 5.92 Å². The fourth-order valence-corrected chi connectivity index (χ4v) is 2.16. The molecule has 0 fully saturated rings. The van der Waals surface area contributed by atoms with Crippen LogP contribution in [-0.4, -0.2) is 17.6 Å². The zero-order valence-electron chi connectivity index (χ0n) is 10.6. The van der Waals surface area contributed by atoms with Crippen molar-refractivity contribution in [3.8, 4) is 0 Å². The van der Waals surface area contributed by atoms with Gasteiger partial charge in [0.25, 0.3) is 0 Å². The van der Waals surface area contributed by atoms with Crippen LogP contribution in [0, 0.1) is 5.92 Å². The number of nitrogen functional groups attached to an aromatic ring is 1. The minimum absolute atomic E-state index is 0.00485. The number of esters is 1. The second-order valence-corrected chi connectivity index (χ2v) is 4.43. The molecular formula is C14H18N2O2. The number of aromatic nitrogens is 1. The summed E-state index contributed by atoms with van der Waals surface area (Å²) in [6, 6.07) is 3.64. The van der Waals surface area contributed by atoms with Crippen molar-refractivity contribution in [3.63, 3.8) is 0 Å². The van der Waals surface area contributed by atoms with Gasteiger partial charge in [-0.1, -0.05) is 6.08 Å². The number of nitrogens with zero attached hydrogens (tertiary/aromatic N) is 1. The number of nitrogens with two attached hydrogens (primary N) is 1. The maximum Gasteiger partial charge on any atom is 0.309 e. The van der Waals surface area contributed by atoms with Gasteiger partial charge in [0.15, 0.2) is 0 Å². The summed E-state index contributed by atoms with van der Waals surface area (Å²) in [5.41, 5.74) is 8.54. The molecule has 18 heavy (non-hydrogen) atoms. The summed E-state index contributed by atoms with van der Waals surface area (Å²) in [7, 11) is 0. The van der Waals surface area contributed by atoms with Gasteiger partial charge in [0.05, 0.1) is 18.2 Å². The fourth-order valence-electron chi connectivity index (χ4n) is 2.16. The van der Waals surface area contributed by atoms with E-state index in [0.29, 0.717) is 12.3 Å². The first-order chi connectivity index (χ1) is 8.70. The van der Waals surface area contributed by atoms with Crippen LogP contribution in [0.1, 0.15) is 31.9 Å². The third kappa shape index (κ3) is 2.88. The normalized spacial score (nSPS) is 19.2. The molecule has 0 aromatic carbocycles. The highest BCUT2D eigenvalue weighted by Gasteiger charge is 2.23. The highest BCUT2D eigenvalue weighted by atomic mass is 16.5. The van der Waals surface area contributed by atoms with E-state index in [0.717, 1.165) is 25.0 Å². The maximum absolute atomic E-state index is 11.6. The van der Waals surface area contributed by atoms with Crippen LogP contribution in [0.5, 0.6) is 0 Å². The van der Waals surface area contributed by atoms with Gasteiger partial charge >= 0.3 is 5.97 Å². The lowest BCUT2D eigenvalue weighted by atomic mass is 9.88. The largest absolute Gasteiger partial charge is 0.466 e. The summed E-state index contributed by atoms with van der Waals surface area (Å²) in [4.78, 5) is 15.9. The van der Waals surface area contributed by atoms with E-state index in [4.69, 9.17) is 10.5 Å². The van der Waals surface area contributed by atoms with E-state index in [1.54, 1.807) is 12.3 Å². The number of allylic oxidation sites excluding steroid dienone is 2. The molecule has 0 aliphatic heterocycles. The third-order valence-electron chi connectivity index (χ3n) is 3.14. The third-order valence-corrected chi connectivity index (χ3v) is 3.14. The van der Waals surface area contributed by atoms with Crippen LogP contribution < -0.4 is 5.73 Å². The van der Waals surface area contributed by atoms with Gasteiger partial charge in [-0.25, -0.2) is 0 Å². The Balaban J connectivity index is 2.05. The fraction of sp³-hybridized carbons (Fsp3) is 0.429. The number of anilines is 1. The molecule has 2 rings (SSSR count). The molecule has 0 radical (unpaired) electrons. The standard InChI is InChI=1S/C14H18N2O2/c1-2-18-14(17)11-5-3-10(4-6-11)13-9-12(15)7-8-16-13/h3,7-9,11H,2,4-6H2,1H3,(H2,15,16)/t11-/m0/s1. The highest BCUT2D eigenvalue weighted by molar-refractivity contribution is 5.75. The molecule has 0 unspecified atom stereocenters. The van der Waals surface area contributed by atoms with Gasteiger partial charge in [0, 0.05) is 11.9 Å². The van der Waals surface area contributed by atoms with Crippen molar-refractivity contribution >= 4 is 17.2 Å². The number of carbonyl (C=O) groups is 1. The number of ether oxygens (including phenoxy) is 1. The first-order valence-electron chi connectivity index (χ1n) is 6.28. The average molecular weight is 246 g/mol. The van der Waals surface area contributed by atoms with Crippen molar-refractivity contribution in [1.82, 2.24) is 4.98 Å². The molecule has 0 bridgehead atoms.